The average molecular weight is 214 g/mol. The Hall–Kier alpha value is -1.54. The molecule has 0 fully saturated rings. The summed E-state index contributed by atoms with van der Waals surface area (Å²) in [4.78, 5) is 2.85. The standard InChI is InChI=1S/C10H9F3N2/c1-6(14)7-4-3-5-8(15-2)9(7)10(11,12)13/h3-6H,14H2,1H3. The predicted molar refractivity (Wildman–Crippen MR) is 50.3 cm³/mol. The van der Waals surface area contributed by atoms with E-state index >= 15 is 0 Å². The van der Waals surface area contributed by atoms with Crippen molar-refractivity contribution in [2.45, 2.75) is 19.1 Å². The quantitative estimate of drug-likeness (QED) is 0.714. The minimum absolute atomic E-state index is 0.0454. The normalized spacial score (nSPS) is 13.3. The van der Waals surface area contributed by atoms with E-state index in [1.807, 2.05) is 0 Å². The van der Waals surface area contributed by atoms with E-state index in [-0.39, 0.29) is 5.56 Å². The van der Waals surface area contributed by atoms with Gasteiger partial charge in [-0.15, -0.1) is 0 Å². The molecule has 0 aliphatic rings. The first kappa shape index (κ1) is 11.5. The van der Waals surface area contributed by atoms with Crippen molar-refractivity contribution in [1.29, 1.82) is 0 Å². The number of benzene rings is 1. The van der Waals surface area contributed by atoms with Crippen LogP contribution in [-0.4, -0.2) is 0 Å². The van der Waals surface area contributed by atoms with Gasteiger partial charge < -0.3 is 5.73 Å². The van der Waals surface area contributed by atoms with Gasteiger partial charge in [-0.05, 0) is 12.5 Å². The summed E-state index contributed by atoms with van der Waals surface area (Å²) in [6, 6.07) is 3.09. The van der Waals surface area contributed by atoms with E-state index in [2.05, 4.69) is 4.85 Å². The molecule has 0 saturated heterocycles. The summed E-state index contributed by atoms with van der Waals surface area (Å²) < 4.78 is 38.0. The highest BCUT2D eigenvalue weighted by atomic mass is 19.4. The van der Waals surface area contributed by atoms with E-state index in [4.69, 9.17) is 12.3 Å². The Morgan fingerprint density at radius 3 is 2.40 bits per heavy atom. The lowest BCUT2D eigenvalue weighted by Crippen LogP contribution is -2.15. The van der Waals surface area contributed by atoms with Gasteiger partial charge in [0.2, 0.25) is 0 Å². The van der Waals surface area contributed by atoms with E-state index in [9.17, 15) is 13.2 Å². The van der Waals surface area contributed by atoms with Gasteiger partial charge in [0, 0.05) is 6.04 Å². The highest BCUT2D eigenvalue weighted by Crippen LogP contribution is 2.40. The number of hydrogen-bond donors (Lipinski definition) is 1. The number of nitrogens with zero attached hydrogens (tertiary/aromatic N) is 1. The molecule has 15 heavy (non-hydrogen) atoms. The monoisotopic (exact) mass is 214 g/mol. The fraction of sp³-hybridized carbons (Fsp3) is 0.300. The zero-order valence-electron chi connectivity index (χ0n) is 7.97. The Morgan fingerprint density at radius 1 is 1.40 bits per heavy atom. The molecule has 1 aromatic rings. The average Bonchev–Trinajstić information content (AvgIpc) is 2.15. The van der Waals surface area contributed by atoms with Gasteiger partial charge in [0.15, 0.2) is 5.69 Å². The highest BCUT2D eigenvalue weighted by molar-refractivity contribution is 5.57. The Labute approximate surface area is 85.3 Å². The number of alkyl halides is 3. The largest absolute Gasteiger partial charge is 0.407 e. The lowest BCUT2D eigenvalue weighted by molar-refractivity contribution is -0.137. The summed E-state index contributed by atoms with van der Waals surface area (Å²) in [7, 11) is 0. The fourth-order valence-electron chi connectivity index (χ4n) is 1.34. The van der Waals surface area contributed by atoms with Crippen LogP contribution in [0.25, 0.3) is 4.85 Å². The van der Waals surface area contributed by atoms with Crippen LogP contribution in [0.3, 0.4) is 0 Å². The Bertz CT molecular complexity index is 402. The molecule has 0 heterocycles. The molecule has 0 aliphatic carbocycles. The molecule has 5 heteroatoms. The second-order valence-corrected chi connectivity index (χ2v) is 3.14. The van der Waals surface area contributed by atoms with Crippen LogP contribution in [0.5, 0.6) is 0 Å². The first-order chi connectivity index (χ1) is 6.88. The third-order valence-corrected chi connectivity index (χ3v) is 1.97. The van der Waals surface area contributed by atoms with Crippen LogP contribution in [0, 0.1) is 6.57 Å². The molecule has 1 atom stereocenters. The maximum Gasteiger partial charge on any atom is 0.407 e. The Balaban J connectivity index is 3.50. The third-order valence-electron chi connectivity index (χ3n) is 1.97. The molecule has 0 radical (unpaired) electrons. The Kier molecular flexibility index (Phi) is 3.01. The van der Waals surface area contributed by atoms with Crippen LogP contribution in [0.15, 0.2) is 18.2 Å². The van der Waals surface area contributed by atoms with Gasteiger partial charge >= 0.3 is 6.18 Å². The number of halogens is 3. The van der Waals surface area contributed by atoms with Crippen LogP contribution in [0.4, 0.5) is 18.9 Å². The molecule has 2 nitrogen and oxygen atoms in total. The number of nitrogens with two attached hydrogens (primary N) is 1. The lowest BCUT2D eigenvalue weighted by atomic mass is 10.00. The molecule has 1 rings (SSSR count). The van der Waals surface area contributed by atoms with Gasteiger partial charge in [0.1, 0.15) is 0 Å². The SMILES string of the molecule is [C-]#[N+]c1cccc(C(C)N)c1C(F)(F)F. The summed E-state index contributed by atoms with van der Waals surface area (Å²) in [5, 5.41) is 0. The van der Waals surface area contributed by atoms with Crippen molar-refractivity contribution >= 4 is 5.69 Å². The second-order valence-electron chi connectivity index (χ2n) is 3.14. The predicted octanol–water partition coefficient (Wildman–Crippen LogP) is 3.28. The van der Waals surface area contributed by atoms with Gasteiger partial charge in [0.05, 0.1) is 12.1 Å². The summed E-state index contributed by atoms with van der Waals surface area (Å²) >= 11 is 0. The van der Waals surface area contributed by atoms with Crippen molar-refractivity contribution in [3.8, 4) is 0 Å². The van der Waals surface area contributed by atoms with Gasteiger partial charge in [-0.1, -0.05) is 18.2 Å². The summed E-state index contributed by atoms with van der Waals surface area (Å²) in [6.45, 7) is 8.14. The molecular weight excluding hydrogens is 205 g/mol. The minimum atomic E-state index is -4.54. The number of rotatable bonds is 1. The van der Waals surface area contributed by atoms with Crippen LogP contribution >= 0.6 is 0 Å². The molecule has 80 valence electrons. The van der Waals surface area contributed by atoms with Gasteiger partial charge in [-0.2, -0.15) is 13.2 Å². The van der Waals surface area contributed by atoms with Crippen LogP contribution in [0.2, 0.25) is 0 Å². The maximum absolute atomic E-state index is 12.7. The van der Waals surface area contributed by atoms with E-state index in [0.29, 0.717) is 0 Å². The van der Waals surface area contributed by atoms with Crippen molar-refractivity contribution in [3.05, 3.63) is 40.7 Å². The molecular formula is C10H9F3N2. The van der Waals surface area contributed by atoms with Crippen molar-refractivity contribution in [2.24, 2.45) is 5.73 Å². The molecule has 0 bridgehead atoms. The van der Waals surface area contributed by atoms with E-state index in [0.717, 1.165) is 6.07 Å². The smallest absolute Gasteiger partial charge is 0.324 e. The molecule has 0 aromatic heterocycles. The molecule has 1 aromatic carbocycles. The van der Waals surface area contributed by atoms with E-state index in [1.54, 1.807) is 0 Å². The molecule has 0 amide bonds. The van der Waals surface area contributed by atoms with Crippen molar-refractivity contribution in [2.75, 3.05) is 0 Å². The molecule has 0 saturated carbocycles. The summed E-state index contributed by atoms with van der Waals surface area (Å²) in [6.07, 6.45) is -4.54. The van der Waals surface area contributed by atoms with Crippen molar-refractivity contribution in [3.63, 3.8) is 0 Å². The third kappa shape index (κ3) is 2.28. The minimum Gasteiger partial charge on any atom is -0.324 e. The highest BCUT2D eigenvalue weighted by Gasteiger charge is 2.36. The lowest BCUT2D eigenvalue weighted by Gasteiger charge is -2.16. The summed E-state index contributed by atoms with van der Waals surface area (Å²) in [5.41, 5.74) is 4.06. The number of hydrogen-bond acceptors (Lipinski definition) is 1. The first-order valence-corrected chi connectivity index (χ1v) is 4.21. The fourth-order valence-corrected chi connectivity index (χ4v) is 1.34. The zero-order chi connectivity index (χ0) is 11.6. The van der Waals surface area contributed by atoms with Crippen molar-refractivity contribution in [1.82, 2.24) is 0 Å². The molecule has 0 spiro atoms. The maximum atomic E-state index is 12.7. The van der Waals surface area contributed by atoms with Crippen molar-refractivity contribution < 1.29 is 13.2 Å². The first-order valence-electron chi connectivity index (χ1n) is 4.21. The molecule has 1 unspecified atom stereocenters. The Morgan fingerprint density at radius 2 is 2.00 bits per heavy atom. The van der Waals surface area contributed by atoms with Gasteiger partial charge in [-0.25, -0.2) is 4.85 Å². The topological polar surface area (TPSA) is 30.4 Å². The molecule has 0 aliphatic heterocycles. The van der Waals surface area contributed by atoms with Gasteiger partial charge in [0.25, 0.3) is 0 Å². The van der Waals surface area contributed by atoms with Crippen LogP contribution in [-0.2, 0) is 6.18 Å². The van der Waals surface area contributed by atoms with Crippen LogP contribution < -0.4 is 5.73 Å². The second kappa shape index (κ2) is 3.91. The van der Waals surface area contributed by atoms with E-state index in [1.165, 1.54) is 19.1 Å². The molecule has 2 N–H and O–H groups in total. The van der Waals surface area contributed by atoms with E-state index < -0.39 is 23.5 Å². The van der Waals surface area contributed by atoms with Gasteiger partial charge in [-0.3, -0.25) is 0 Å². The zero-order valence-corrected chi connectivity index (χ0v) is 7.97. The summed E-state index contributed by atoms with van der Waals surface area (Å²) in [5.74, 6) is 0. The van der Waals surface area contributed by atoms with Crippen LogP contribution in [0.1, 0.15) is 24.1 Å².